The topological polar surface area (TPSA) is 43.4 Å². The van der Waals surface area contributed by atoms with Crippen molar-refractivity contribution in [2.45, 2.75) is 19.8 Å². The van der Waals surface area contributed by atoms with E-state index < -0.39 is 0 Å². The summed E-state index contributed by atoms with van der Waals surface area (Å²) in [5, 5.41) is 4.52. The molecule has 0 amide bonds. The van der Waals surface area contributed by atoms with Crippen LogP contribution in [0.3, 0.4) is 0 Å². The number of ether oxygens (including phenoxy) is 2. The molecule has 0 unspecified atom stereocenters. The first-order chi connectivity index (χ1) is 9.29. The predicted molar refractivity (Wildman–Crippen MR) is 79.0 cm³/mol. The van der Waals surface area contributed by atoms with E-state index in [1.54, 1.807) is 0 Å². The van der Waals surface area contributed by atoms with Gasteiger partial charge in [0.25, 0.3) is 0 Å². The molecule has 0 fully saturated rings. The zero-order valence-corrected chi connectivity index (χ0v) is 12.3. The molecule has 19 heavy (non-hydrogen) atoms. The number of halogens is 1. The molecule has 1 aliphatic heterocycles. The van der Waals surface area contributed by atoms with Crippen LogP contribution in [0.2, 0.25) is 0 Å². The molecule has 2 aromatic rings. The van der Waals surface area contributed by atoms with Gasteiger partial charge in [-0.05, 0) is 28.4 Å². The van der Waals surface area contributed by atoms with E-state index in [9.17, 15) is 0 Å². The Hall–Kier alpha value is -1.49. The third-order valence-corrected chi connectivity index (χ3v) is 3.75. The Labute approximate surface area is 120 Å². The fraction of sp³-hybridized carbons (Fsp3) is 0.357. The minimum absolute atomic E-state index is 0.283. The second kappa shape index (κ2) is 5.25. The summed E-state index contributed by atoms with van der Waals surface area (Å²) in [5.74, 6) is 1.55. The molecule has 1 aromatic heterocycles. The van der Waals surface area contributed by atoms with Gasteiger partial charge in [0.05, 0.1) is 15.7 Å². The number of pyridine rings is 1. The minimum Gasteiger partial charge on any atom is -0.454 e. The third-order valence-electron chi connectivity index (χ3n) is 3.15. The highest BCUT2D eigenvalue weighted by Gasteiger charge is 2.17. The Kier molecular flexibility index (Phi) is 3.46. The van der Waals surface area contributed by atoms with Crippen molar-refractivity contribution in [3.8, 4) is 11.5 Å². The standard InChI is InChI=1S/C14H15BrN2O2/c1-2-3-4-16-14-9-5-12-13(19-8-18-12)6-11(9)17-7-10(14)15/h5-7H,2-4,8H2,1H3,(H,16,17). The number of nitrogens with zero attached hydrogens (tertiary/aromatic N) is 1. The van der Waals surface area contributed by atoms with Gasteiger partial charge in [0.1, 0.15) is 0 Å². The van der Waals surface area contributed by atoms with Crippen molar-refractivity contribution >= 4 is 32.5 Å². The molecule has 100 valence electrons. The zero-order chi connectivity index (χ0) is 13.2. The molecule has 0 atom stereocenters. The monoisotopic (exact) mass is 322 g/mol. The van der Waals surface area contributed by atoms with Crippen LogP contribution in [0.1, 0.15) is 19.8 Å². The molecule has 0 saturated carbocycles. The van der Waals surface area contributed by atoms with E-state index >= 15 is 0 Å². The van der Waals surface area contributed by atoms with Crippen LogP contribution < -0.4 is 14.8 Å². The van der Waals surface area contributed by atoms with Crippen LogP contribution in [-0.2, 0) is 0 Å². The Morgan fingerprint density at radius 3 is 2.89 bits per heavy atom. The lowest BCUT2D eigenvalue weighted by Crippen LogP contribution is -2.02. The quantitative estimate of drug-likeness (QED) is 0.866. The van der Waals surface area contributed by atoms with E-state index in [2.05, 4.69) is 33.2 Å². The lowest BCUT2D eigenvalue weighted by atomic mass is 10.1. The number of benzene rings is 1. The molecule has 1 aliphatic rings. The van der Waals surface area contributed by atoms with Gasteiger partial charge in [0.15, 0.2) is 11.5 Å². The summed E-state index contributed by atoms with van der Waals surface area (Å²) < 4.78 is 11.8. The molecular weight excluding hydrogens is 308 g/mol. The van der Waals surface area contributed by atoms with Crippen molar-refractivity contribution in [1.82, 2.24) is 4.98 Å². The second-order valence-electron chi connectivity index (χ2n) is 4.48. The first-order valence-corrected chi connectivity index (χ1v) is 7.20. The summed E-state index contributed by atoms with van der Waals surface area (Å²) >= 11 is 3.55. The molecule has 2 heterocycles. The van der Waals surface area contributed by atoms with Gasteiger partial charge in [-0.1, -0.05) is 13.3 Å². The molecule has 5 heteroatoms. The minimum atomic E-state index is 0.283. The molecule has 0 spiro atoms. The maximum atomic E-state index is 5.43. The van der Waals surface area contributed by atoms with E-state index in [4.69, 9.17) is 9.47 Å². The van der Waals surface area contributed by atoms with Crippen LogP contribution in [0.25, 0.3) is 10.9 Å². The van der Waals surface area contributed by atoms with Gasteiger partial charge in [0, 0.05) is 24.2 Å². The molecule has 0 saturated heterocycles. The average Bonchev–Trinajstić information content (AvgIpc) is 2.86. The summed E-state index contributed by atoms with van der Waals surface area (Å²) in [5.41, 5.74) is 1.98. The molecule has 0 radical (unpaired) electrons. The van der Waals surface area contributed by atoms with Crippen molar-refractivity contribution in [3.05, 3.63) is 22.8 Å². The van der Waals surface area contributed by atoms with Crippen LogP contribution in [0.4, 0.5) is 5.69 Å². The second-order valence-corrected chi connectivity index (χ2v) is 5.34. The summed E-state index contributed by atoms with van der Waals surface area (Å²) in [4.78, 5) is 4.42. The summed E-state index contributed by atoms with van der Waals surface area (Å²) in [6, 6.07) is 3.92. The molecule has 4 nitrogen and oxygen atoms in total. The Balaban J connectivity index is 2.05. The lowest BCUT2D eigenvalue weighted by Gasteiger charge is -2.11. The molecule has 0 aliphatic carbocycles. The highest BCUT2D eigenvalue weighted by Crippen LogP contribution is 2.39. The van der Waals surface area contributed by atoms with Gasteiger partial charge in [-0.2, -0.15) is 0 Å². The molecule has 1 N–H and O–H groups in total. The first-order valence-electron chi connectivity index (χ1n) is 6.41. The van der Waals surface area contributed by atoms with Crippen molar-refractivity contribution < 1.29 is 9.47 Å². The number of anilines is 1. The number of rotatable bonds is 4. The number of hydrogen-bond donors (Lipinski definition) is 1. The lowest BCUT2D eigenvalue weighted by molar-refractivity contribution is 0.174. The van der Waals surface area contributed by atoms with E-state index in [0.29, 0.717) is 0 Å². The number of fused-ring (bicyclic) bond motifs is 2. The normalized spacial score (nSPS) is 12.9. The van der Waals surface area contributed by atoms with Gasteiger partial charge >= 0.3 is 0 Å². The van der Waals surface area contributed by atoms with Gasteiger partial charge in [0.2, 0.25) is 6.79 Å². The molecule has 1 aromatic carbocycles. The molecule has 3 rings (SSSR count). The number of aromatic nitrogens is 1. The number of nitrogens with one attached hydrogen (secondary N) is 1. The SMILES string of the molecule is CCCCNc1c(Br)cnc2cc3c(cc12)OCO3. The van der Waals surface area contributed by atoms with Crippen molar-refractivity contribution in [3.63, 3.8) is 0 Å². The Morgan fingerprint density at radius 2 is 2.11 bits per heavy atom. The summed E-state index contributed by atoms with van der Waals surface area (Å²) in [6.07, 6.45) is 4.12. The summed E-state index contributed by atoms with van der Waals surface area (Å²) in [7, 11) is 0. The number of hydrogen-bond acceptors (Lipinski definition) is 4. The Bertz CT molecular complexity index is 616. The molecular formula is C14H15BrN2O2. The number of unbranched alkanes of at least 4 members (excludes halogenated alkanes) is 1. The van der Waals surface area contributed by atoms with Crippen molar-refractivity contribution in [2.24, 2.45) is 0 Å². The van der Waals surface area contributed by atoms with Gasteiger partial charge in [-0.15, -0.1) is 0 Å². The largest absolute Gasteiger partial charge is 0.454 e. The maximum absolute atomic E-state index is 5.43. The van der Waals surface area contributed by atoms with Crippen LogP contribution in [0, 0.1) is 0 Å². The van der Waals surface area contributed by atoms with E-state index in [0.717, 1.165) is 45.5 Å². The van der Waals surface area contributed by atoms with Gasteiger partial charge in [-0.25, -0.2) is 0 Å². The third kappa shape index (κ3) is 2.34. The highest BCUT2D eigenvalue weighted by atomic mass is 79.9. The van der Waals surface area contributed by atoms with Crippen molar-refractivity contribution in [2.75, 3.05) is 18.7 Å². The predicted octanol–water partition coefficient (Wildman–Crippen LogP) is 3.94. The highest BCUT2D eigenvalue weighted by molar-refractivity contribution is 9.10. The fourth-order valence-electron chi connectivity index (χ4n) is 2.13. The van der Waals surface area contributed by atoms with Crippen LogP contribution in [0.5, 0.6) is 11.5 Å². The average molecular weight is 323 g/mol. The zero-order valence-electron chi connectivity index (χ0n) is 10.7. The maximum Gasteiger partial charge on any atom is 0.231 e. The smallest absolute Gasteiger partial charge is 0.231 e. The fourth-order valence-corrected chi connectivity index (χ4v) is 2.58. The van der Waals surface area contributed by atoms with Gasteiger partial charge < -0.3 is 14.8 Å². The summed E-state index contributed by atoms with van der Waals surface area (Å²) in [6.45, 7) is 3.41. The molecule has 0 bridgehead atoms. The first kappa shape index (κ1) is 12.5. The van der Waals surface area contributed by atoms with E-state index in [1.165, 1.54) is 6.42 Å². The van der Waals surface area contributed by atoms with E-state index in [1.807, 2.05) is 18.3 Å². The Morgan fingerprint density at radius 1 is 1.32 bits per heavy atom. The van der Waals surface area contributed by atoms with Crippen LogP contribution >= 0.6 is 15.9 Å². The van der Waals surface area contributed by atoms with Crippen molar-refractivity contribution in [1.29, 1.82) is 0 Å². The van der Waals surface area contributed by atoms with Gasteiger partial charge in [-0.3, -0.25) is 4.98 Å². The van der Waals surface area contributed by atoms with Crippen LogP contribution in [-0.4, -0.2) is 18.3 Å². The van der Waals surface area contributed by atoms with Crippen LogP contribution in [0.15, 0.2) is 22.8 Å². The van der Waals surface area contributed by atoms with E-state index in [-0.39, 0.29) is 6.79 Å².